The maximum atomic E-state index is 12.6. The van der Waals surface area contributed by atoms with E-state index in [-0.39, 0.29) is 26.1 Å². The van der Waals surface area contributed by atoms with Crippen LogP contribution in [0.25, 0.3) is 0 Å². The van der Waals surface area contributed by atoms with Crippen molar-refractivity contribution in [3.8, 4) is 0 Å². The van der Waals surface area contributed by atoms with Crippen molar-refractivity contribution in [2.45, 2.75) is 180 Å². The number of esters is 2. The minimum absolute atomic E-state index is 0.0382. The first-order chi connectivity index (χ1) is 24.5. The Labute approximate surface area is 313 Å². The predicted molar refractivity (Wildman–Crippen MR) is 208 cm³/mol. The lowest BCUT2D eigenvalue weighted by molar-refractivity contribution is -0.870. The first-order valence-electron chi connectivity index (χ1n) is 20.5. The summed E-state index contributed by atoms with van der Waals surface area (Å²) in [7, 11) is 1.14. The molecule has 0 rings (SSSR count). The van der Waals surface area contributed by atoms with Crippen molar-refractivity contribution in [1.82, 2.24) is 0 Å². The fraction of sp³-hybridized carbons (Fsp3) is 0.854. The topological polar surface area (TPSA) is 111 Å². The van der Waals surface area contributed by atoms with Gasteiger partial charge in [0.2, 0.25) is 0 Å². The molecule has 0 aliphatic rings. The zero-order valence-electron chi connectivity index (χ0n) is 33.6. The minimum atomic E-state index is -4.63. The highest BCUT2D eigenvalue weighted by Crippen LogP contribution is 2.38. The monoisotopic (exact) mass is 744 g/mol. The third-order valence-corrected chi connectivity index (χ3v) is 9.70. The second-order valence-corrected chi connectivity index (χ2v) is 16.4. The van der Waals surface area contributed by atoms with E-state index in [4.69, 9.17) is 18.5 Å². The van der Waals surface area contributed by atoms with Crippen LogP contribution >= 0.6 is 7.82 Å². The van der Waals surface area contributed by atoms with E-state index >= 15 is 0 Å². The van der Waals surface area contributed by atoms with Crippen LogP contribution in [-0.2, 0) is 32.7 Å². The molecule has 0 spiro atoms. The second kappa shape index (κ2) is 34.3. The molecule has 0 aliphatic heterocycles. The summed E-state index contributed by atoms with van der Waals surface area (Å²) in [6, 6.07) is 0. The normalized spacial score (nSPS) is 13.9. The van der Waals surface area contributed by atoms with Gasteiger partial charge in [-0.15, -0.1) is 0 Å². The summed E-state index contributed by atoms with van der Waals surface area (Å²) in [5, 5.41) is 0. The third-order valence-electron chi connectivity index (χ3n) is 8.74. The molecule has 0 N–H and O–H groups in total. The molecule has 0 aromatic heterocycles. The SMILES string of the molecule is CCCCCCCC/C=C/C/C=C/CCC(=O)OC(COC(=O)CCCCCCCCCCCCCCCC)COP(=O)([O-])OCC[N+](C)(C)C. The van der Waals surface area contributed by atoms with E-state index in [0.29, 0.717) is 17.4 Å². The summed E-state index contributed by atoms with van der Waals surface area (Å²) in [4.78, 5) is 37.3. The molecule has 51 heavy (non-hydrogen) atoms. The summed E-state index contributed by atoms with van der Waals surface area (Å²) in [5.41, 5.74) is 0. The van der Waals surface area contributed by atoms with Crippen LogP contribution in [0.1, 0.15) is 174 Å². The van der Waals surface area contributed by atoms with Crippen molar-refractivity contribution < 1.29 is 42.1 Å². The number of ether oxygens (including phenoxy) is 2. The smallest absolute Gasteiger partial charge is 0.306 e. The van der Waals surface area contributed by atoms with Crippen LogP contribution in [0.5, 0.6) is 0 Å². The fourth-order valence-electron chi connectivity index (χ4n) is 5.47. The largest absolute Gasteiger partial charge is 0.756 e. The molecular weight excluding hydrogens is 665 g/mol. The molecule has 0 heterocycles. The molecule has 0 fully saturated rings. The molecule has 0 bridgehead atoms. The molecule has 0 aromatic rings. The van der Waals surface area contributed by atoms with Crippen LogP contribution < -0.4 is 4.89 Å². The van der Waals surface area contributed by atoms with Gasteiger partial charge in [-0.25, -0.2) is 0 Å². The van der Waals surface area contributed by atoms with Crippen LogP contribution in [0.4, 0.5) is 0 Å². The van der Waals surface area contributed by atoms with Gasteiger partial charge in [0, 0.05) is 12.8 Å². The van der Waals surface area contributed by atoms with Crippen molar-refractivity contribution in [2.24, 2.45) is 0 Å². The summed E-state index contributed by atoms with van der Waals surface area (Å²) in [6.07, 6.45) is 35.0. The number of phosphoric ester groups is 1. The maximum absolute atomic E-state index is 12.6. The molecule has 0 aromatic carbocycles. The van der Waals surface area contributed by atoms with E-state index in [0.717, 1.165) is 32.1 Å². The van der Waals surface area contributed by atoms with Crippen LogP contribution in [0.3, 0.4) is 0 Å². The fourth-order valence-corrected chi connectivity index (χ4v) is 6.20. The summed E-state index contributed by atoms with van der Waals surface area (Å²) in [6.45, 7) is 4.15. The Morgan fingerprint density at radius 1 is 0.608 bits per heavy atom. The van der Waals surface area contributed by atoms with Gasteiger partial charge in [-0.3, -0.25) is 14.2 Å². The third kappa shape index (κ3) is 38.0. The Balaban J connectivity index is 4.46. The van der Waals surface area contributed by atoms with Gasteiger partial charge in [0.05, 0.1) is 27.7 Å². The molecule has 0 radical (unpaired) electrons. The molecule has 10 heteroatoms. The molecule has 300 valence electrons. The van der Waals surface area contributed by atoms with E-state index < -0.39 is 32.5 Å². The maximum Gasteiger partial charge on any atom is 0.306 e. The van der Waals surface area contributed by atoms with Gasteiger partial charge in [-0.05, 0) is 32.1 Å². The zero-order valence-corrected chi connectivity index (χ0v) is 34.4. The Morgan fingerprint density at radius 2 is 1.10 bits per heavy atom. The number of rotatable bonds is 37. The summed E-state index contributed by atoms with van der Waals surface area (Å²) >= 11 is 0. The van der Waals surface area contributed by atoms with E-state index in [2.05, 4.69) is 26.0 Å². The zero-order chi connectivity index (χ0) is 37.9. The number of carbonyl (C=O) groups is 2. The van der Waals surface area contributed by atoms with Crippen molar-refractivity contribution in [3.63, 3.8) is 0 Å². The highest BCUT2D eigenvalue weighted by Gasteiger charge is 2.21. The summed E-state index contributed by atoms with van der Waals surface area (Å²) < 4.78 is 33.7. The van der Waals surface area contributed by atoms with Gasteiger partial charge in [0.15, 0.2) is 6.10 Å². The molecule has 0 saturated heterocycles. The number of likely N-dealkylation sites (N-methyl/N-ethyl adjacent to an activating group) is 1. The average Bonchev–Trinajstić information content (AvgIpc) is 3.07. The van der Waals surface area contributed by atoms with Crippen molar-refractivity contribution >= 4 is 19.8 Å². The molecule has 0 amide bonds. The lowest BCUT2D eigenvalue weighted by Crippen LogP contribution is -2.37. The predicted octanol–water partition coefficient (Wildman–Crippen LogP) is 10.6. The molecule has 2 unspecified atom stereocenters. The van der Waals surface area contributed by atoms with Gasteiger partial charge >= 0.3 is 11.9 Å². The number of allylic oxidation sites excluding steroid dienone is 4. The standard InChI is InChI=1S/C41H78NO8P/c1-6-8-10-12-14-16-18-20-22-23-25-27-29-31-33-40(43)47-37-39(38-49-51(45,46)48-36-35-42(3,4)5)50-41(44)34-32-30-28-26-24-21-19-17-15-13-11-9-7-2/h21,24,28,30,39H,6-20,22-23,25-27,29,31-38H2,1-5H3/b24-21+,30-28+. The van der Waals surface area contributed by atoms with E-state index in [1.807, 2.05) is 33.3 Å². The van der Waals surface area contributed by atoms with E-state index in [1.165, 1.54) is 109 Å². The van der Waals surface area contributed by atoms with E-state index in [1.54, 1.807) is 0 Å². The Hall–Kier alpha value is -1.51. The number of phosphoric acid groups is 1. The minimum Gasteiger partial charge on any atom is -0.756 e. The number of nitrogens with zero attached hydrogens (tertiary/aromatic N) is 1. The number of hydrogen-bond acceptors (Lipinski definition) is 8. The van der Waals surface area contributed by atoms with Crippen LogP contribution in [0.2, 0.25) is 0 Å². The Kier molecular flexibility index (Phi) is 33.3. The van der Waals surface area contributed by atoms with Gasteiger partial charge in [-0.1, -0.05) is 154 Å². The van der Waals surface area contributed by atoms with Crippen LogP contribution in [0.15, 0.2) is 24.3 Å². The van der Waals surface area contributed by atoms with Gasteiger partial charge in [0.1, 0.15) is 19.8 Å². The number of hydrogen-bond donors (Lipinski definition) is 0. The van der Waals surface area contributed by atoms with Gasteiger partial charge < -0.3 is 27.9 Å². The number of quaternary nitrogens is 1. The van der Waals surface area contributed by atoms with Crippen molar-refractivity contribution in [2.75, 3.05) is 47.5 Å². The highest BCUT2D eigenvalue weighted by atomic mass is 31.2. The quantitative estimate of drug-likeness (QED) is 0.0203. The highest BCUT2D eigenvalue weighted by molar-refractivity contribution is 7.45. The Bertz CT molecular complexity index is 933. The molecule has 2 atom stereocenters. The summed E-state index contributed by atoms with van der Waals surface area (Å²) in [5.74, 6) is -0.909. The first kappa shape index (κ1) is 49.5. The lowest BCUT2D eigenvalue weighted by atomic mass is 10.0. The molecule has 0 saturated carbocycles. The Morgan fingerprint density at radius 3 is 1.63 bits per heavy atom. The number of unbranched alkanes of at least 4 members (excludes halogenated alkanes) is 19. The molecule has 9 nitrogen and oxygen atoms in total. The first-order valence-corrected chi connectivity index (χ1v) is 22.0. The van der Waals surface area contributed by atoms with Gasteiger partial charge in [0.25, 0.3) is 7.82 Å². The van der Waals surface area contributed by atoms with Crippen molar-refractivity contribution in [3.05, 3.63) is 24.3 Å². The van der Waals surface area contributed by atoms with Gasteiger partial charge in [-0.2, -0.15) is 0 Å². The number of carbonyl (C=O) groups excluding carboxylic acids is 2. The second-order valence-electron chi connectivity index (χ2n) is 15.0. The van der Waals surface area contributed by atoms with E-state index in [9.17, 15) is 19.0 Å². The average molecular weight is 744 g/mol. The lowest BCUT2D eigenvalue weighted by Gasteiger charge is -2.28. The van der Waals surface area contributed by atoms with Crippen molar-refractivity contribution in [1.29, 1.82) is 0 Å². The van der Waals surface area contributed by atoms with Crippen LogP contribution in [-0.4, -0.2) is 70.0 Å². The molecular formula is C41H78NO8P. The molecule has 0 aliphatic carbocycles. The van der Waals surface area contributed by atoms with Crippen LogP contribution in [0, 0.1) is 0 Å².